The van der Waals surface area contributed by atoms with Crippen molar-refractivity contribution in [2.45, 2.75) is 70.1 Å². The Bertz CT molecular complexity index is 756. The lowest BCUT2D eigenvalue weighted by atomic mass is 9.79. The third-order valence-corrected chi connectivity index (χ3v) is 5.63. The summed E-state index contributed by atoms with van der Waals surface area (Å²) in [5.74, 6) is -0.350. The molecule has 0 unspecified atom stereocenters. The van der Waals surface area contributed by atoms with Crippen LogP contribution in [0.1, 0.15) is 46.1 Å². The van der Waals surface area contributed by atoms with Gasteiger partial charge in [0.1, 0.15) is 6.04 Å². The van der Waals surface area contributed by atoms with E-state index in [1.165, 1.54) is 0 Å². The number of carbonyl (C=O) groups excluding carboxylic acids is 2. The molecule has 1 aromatic carbocycles. The Morgan fingerprint density at radius 3 is 2.29 bits per heavy atom. The first-order valence-corrected chi connectivity index (χ1v) is 10.8. The summed E-state index contributed by atoms with van der Waals surface area (Å²) in [7, 11) is 0. The zero-order valence-corrected chi connectivity index (χ0v) is 19.2. The number of amides is 3. The molecule has 0 aromatic heterocycles. The molecule has 1 aromatic rings. The summed E-state index contributed by atoms with van der Waals surface area (Å²) in [5.41, 5.74) is -0.437. The van der Waals surface area contributed by atoms with Crippen LogP contribution in [0.3, 0.4) is 0 Å². The molecule has 0 spiro atoms. The first-order chi connectivity index (χ1) is 14.5. The quantitative estimate of drug-likeness (QED) is 0.358. The first-order valence-electron chi connectivity index (χ1n) is 10.3. The van der Waals surface area contributed by atoms with Crippen LogP contribution in [-0.4, -0.2) is 57.6 Å². The number of nitrogens with one attached hydrogen (secondary N) is 2. The summed E-state index contributed by atoms with van der Waals surface area (Å²) in [6, 6.07) is 7.29. The summed E-state index contributed by atoms with van der Waals surface area (Å²) >= 11 is 5.61. The minimum absolute atomic E-state index is 0.0344. The van der Waals surface area contributed by atoms with Gasteiger partial charge in [-0.15, -0.1) is 26.8 Å². The molecule has 31 heavy (non-hydrogen) atoms. The van der Waals surface area contributed by atoms with Gasteiger partial charge in [-0.05, 0) is 46.1 Å². The fourth-order valence-corrected chi connectivity index (χ4v) is 4.37. The monoisotopic (exact) mass is 452 g/mol. The molecule has 171 valence electrons. The molecular formula is C21H31ClN5O4. The van der Waals surface area contributed by atoms with Gasteiger partial charge in [-0.1, -0.05) is 30.3 Å². The maximum Gasteiger partial charge on any atom is 0.341 e. The lowest BCUT2D eigenvalue weighted by Crippen LogP contribution is -2.63. The van der Waals surface area contributed by atoms with Crippen molar-refractivity contribution < 1.29 is 14.8 Å². The maximum absolute atomic E-state index is 13.2. The number of benzene rings is 1. The smallest absolute Gasteiger partial charge is 0.341 e. The third kappa shape index (κ3) is 6.62. The molecule has 1 heterocycles. The SMILES string of the molecule is CC1(C)CC(NC(=O)[C@H](Cc2ccccc2)NC(=O)N(CCCl)N=O)CC(C)(C)N1[O]. The van der Waals surface area contributed by atoms with E-state index in [4.69, 9.17) is 11.6 Å². The van der Waals surface area contributed by atoms with Gasteiger partial charge in [-0.3, -0.25) is 4.79 Å². The number of carbonyl (C=O) groups is 2. The van der Waals surface area contributed by atoms with E-state index in [1.54, 1.807) is 0 Å². The second-order valence-corrected chi connectivity index (χ2v) is 9.50. The standard InChI is InChI=1S/C21H31ClN5O4/c1-20(2)13-16(14-21(3,4)27(20)31)23-18(28)17(12-15-8-6-5-7-9-15)24-19(29)26(25-30)11-10-22/h5-9,16-17H,10-14H2,1-4H3,(H,23,28)(H,24,29)/t17-/m0/s1. The predicted octanol–water partition coefficient (Wildman–Crippen LogP) is 3.01. The zero-order chi connectivity index (χ0) is 23.2. The van der Waals surface area contributed by atoms with Crippen molar-refractivity contribution in [3.63, 3.8) is 0 Å². The Balaban J connectivity index is 2.17. The van der Waals surface area contributed by atoms with Crippen molar-refractivity contribution in [2.24, 2.45) is 5.29 Å². The normalized spacial score (nSPS) is 19.3. The van der Waals surface area contributed by atoms with E-state index in [2.05, 4.69) is 15.9 Å². The molecular weight excluding hydrogens is 422 g/mol. The maximum atomic E-state index is 13.2. The van der Waals surface area contributed by atoms with Crippen LogP contribution in [0, 0.1) is 4.91 Å². The average molecular weight is 453 g/mol. The molecule has 1 aliphatic rings. The molecule has 0 bridgehead atoms. The van der Waals surface area contributed by atoms with Crippen LogP contribution in [0.4, 0.5) is 4.79 Å². The Morgan fingerprint density at radius 2 is 1.77 bits per heavy atom. The fourth-order valence-electron chi connectivity index (χ4n) is 4.21. The number of hydroxylamine groups is 2. The van der Waals surface area contributed by atoms with Gasteiger partial charge in [0.15, 0.2) is 0 Å². The van der Waals surface area contributed by atoms with E-state index in [0.29, 0.717) is 17.9 Å². The molecule has 1 atom stereocenters. The minimum Gasteiger partial charge on any atom is -0.351 e. The summed E-state index contributed by atoms with van der Waals surface area (Å²) in [6.45, 7) is 7.33. The molecule has 2 rings (SSSR count). The Morgan fingerprint density at radius 1 is 1.19 bits per heavy atom. The van der Waals surface area contributed by atoms with Crippen LogP contribution < -0.4 is 10.6 Å². The van der Waals surface area contributed by atoms with Gasteiger partial charge in [0.05, 0.1) is 11.8 Å². The van der Waals surface area contributed by atoms with E-state index in [0.717, 1.165) is 10.6 Å². The van der Waals surface area contributed by atoms with Crippen LogP contribution in [0.2, 0.25) is 0 Å². The molecule has 10 heteroatoms. The second kappa shape index (κ2) is 10.4. The number of rotatable bonds is 8. The number of hydrogen-bond acceptors (Lipinski definition) is 5. The first kappa shape index (κ1) is 25.0. The summed E-state index contributed by atoms with van der Waals surface area (Å²) in [5, 5.41) is 22.6. The van der Waals surface area contributed by atoms with Crippen molar-refractivity contribution in [1.29, 1.82) is 0 Å². The number of hydrogen-bond donors (Lipinski definition) is 2. The lowest BCUT2D eigenvalue weighted by molar-refractivity contribution is -0.290. The number of alkyl halides is 1. The highest BCUT2D eigenvalue weighted by atomic mass is 35.5. The predicted molar refractivity (Wildman–Crippen MR) is 118 cm³/mol. The molecule has 1 aliphatic heterocycles. The van der Waals surface area contributed by atoms with Gasteiger partial charge < -0.3 is 10.6 Å². The van der Waals surface area contributed by atoms with Gasteiger partial charge in [-0.2, -0.15) is 5.01 Å². The Kier molecular flexibility index (Phi) is 8.39. The molecule has 0 saturated carbocycles. The van der Waals surface area contributed by atoms with Gasteiger partial charge in [0.25, 0.3) is 0 Å². The molecule has 1 saturated heterocycles. The topological polar surface area (TPSA) is 114 Å². The molecule has 0 aliphatic carbocycles. The van der Waals surface area contributed by atoms with Crippen molar-refractivity contribution in [1.82, 2.24) is 20.7 Å². The highest BCUT2D eigenvalue weighted by Crippen LogP contribution is 2.37. The second-order valence-electron chi connectivity index (χ2n) is 9.12. The fraction of sp³-hybridized carbons (Fsp3) is 0.619. The van der Waals surface area contributed by atoms with Crippen LogP contribution in [-0.2, 0) is 16.4 Å². The molecule has 3 amide bonds. The summed E-state index contributed by atoms with van der Waals surface area (Å²) in [4.78, 5) is 36.6. The number of nitroso groups, excluding NO2 is 1. The molecule has 1 radical (unpaired) electrons. The van der Waals surface area contributed by atoms with E-state index in [1.807, 2.05) is 58.0 Å². The van der Waals surface area contributed by atoms with Gasteiger partial charge in [0.2, 0.25) is 5.91 Å². The largest absolute Gasteiger partial charge is 0.351 e. The summed E-state index contributed by atoms with van der Waals surface area (Å²) < 4.78 is 0. The highest BCUT2D eigenvalue weighted by Gasteiger charge is 2.46. The van der Waals surface area contributed by atoms with Crippen molar-refractivity contribution >= 4 is 23.5 Å². The summed E-state index contributed by atoms with van der Waals surface area (Å²) in [6.07, 6.45) is 1.19. The van der Waals surface area contributed by atoms with Gasteiger partial charge in [-0.25, -0.2) is 4.79 Å². The highest BCUT2D eigenvalue weighted by molar-refractivity contribution is 6.18. The number of nitrogens with zero attached hydrogens (tertiary/aromatic N) is 3. The molecule has 2 N–H and O–H groups in total. The minimum atomic E-state index is -0.925. The average Bonchev–Trinajstić information content (AvgIpc) is 2.69. The molecule has 9 nitrogen and oxygen atoms in total. The van der Waals surface area contributed by atoms with Crippen LogP contribution in [0.25, 0.3) is 0 Å². The van der Waals surface area contributed by atoms with E-state index >= 15 is 0 Å². The Labute approximate surface area is 188 Å². The lowest BCUT2D eigenvalue weighted by Gasteiger charge is -2.50. The van der Waals surface area contributed by atoms with Crippen LogP contribution in [0.15, 0.2) is 35.6 Å². The number of piperidine rings is 1. The van der Waals surface area contributed by atoms with Gasteiger partial charge in [0, 0.05) is 29.4 Å². The zero-order valence-electron chi connectivity index (χ0n) is 18.4. The third-order valence-electron chi connectivity index (χ3n) is 5.46. The van der Waals surface area contributed by atoms with Crippen molar-refractivity contribution in [3.05, 3.63) is 40.8 Å². The van der Waals surface area contributed by atoms with E-state index < -0.39 is 23.2 Å². The van der Waals surface area contributed by atoms with Gasteiger partial charge >= 0.3 is 6.03 Å². The number of halogens is 1. The van der Waals surface area contributed by atoms with E-state index in [9.17, 15) is 19.7 Å². The number of urea groups is 1. The van der Waals surface area contributed by atoms with Crippen molar-refractivity contribution in [3.8, 4) is 0 Å². The van der Waals surface area contributed by atoms with Crippen molar-refractivity contribution in [2.75, 3.05) is 12.4 Å². The van der Waals surface area contributed by atoms with E-state index in [-0.39, 0.29) is 30.8 Å². The molecule has 1 fully saturated rings. The Hall–Kier alpha value is -2.23. The van der Waals surface area contributed by atoms with Crippen LogP contribution >= 0.6 is 11.6 Å². The van der Waals surface area contributed by atoms with Crippen LogP contribution in [0.5, 0.6) is 0 Å².